The Labute approximate surface area is 128 Å². The van der Waals surface area contributed by atoms with Crippen LogP contribution in [0, 0.1) is 0 Å². The molecule has 1 aliphatic rings. The fraction of sp³-hybridized carbons (Fsp3) is 0.714. The maximum absolute atomic E-state index is 12.8. The molecule has 1 aromatic heterocycles. The van der Waals surface area contributed by atoms with Gasteiger partial charge in [-0.15, -0.1) is 5.10 Å². The molecule has 1 fully saturated rings. The molecule has 1 N–H and O–H groups in total. The Morgan fingerprint density at radius 3 is 2.57 bits per heavy atom. The smallest absolute Gasteiger partial charge is 0.329 e. The zero-order valence-corrected chi connectivity index (χ0v) is 13.7. The van der Waals surface area contributed by atoms with Crippen molar-refractivity contribution in [3.63, 3.8) is 0 Å². The number of amides is 1. The number of carbonyl (C=O) groups is 2. The third-order valence-electron chi connectivity index (χ3n) is 3.99. The lowest BCUT2D eigenvalue weighted by Crippen LogP contribution is -2.57. The minimum Gasteiger partial charge on any atom is -0.480 e. The minimum atomic E-state index is -1.14. The number of aromatic nitrogens is 2. The average molecular weight is 311 g/mol. The Kier molecular flexibility index (Phi) is 4.06. The summed E-state index contributed by atoms with van der Waals surface area (Å²) in [7, 11) is 0. The molecule has 1 aromatic rings. The van der Waals surface area contributed by atoms with E-state index < -0.39 is 11.5 Å². The van der Waals surface area contributed by atoms with E-state index in [-0.39, 0.29) is 11.3 Å². The van der Waals surface area contributed by atoms with E-state index in [1.165, 1.54) is 4.90 Å². The normalized spacial score (nSPS) is 23.1. The SMILES string of the molecule is CC(C)(C)c1nnsc1C(=O)N1CCCCC1(C)C(=O)O. The predicted octanol–water partition coefficient (Wildman–Crippen LogP) is 2.31. The van der Waals surface area contributed by atoms with E-state index in [0.717, 1.165) is 24.4 Å². The van der Waals surface area contributed by atoms with Crippen LogP contribution in [0.3, 0.4) is 0 Å². The van der Waals surface area contributed by atoms with Gasteiger partial charge in [-0.05, 0) is 37.7 Å². The standard InChI is InChI=1S/C14H21N3O3S/c1-13(2,3)10-9(21-16-15-10)11(18)17-8-6-5-7-14(17,4)12(19)20/h5-8H2,1-4H3,(H,19,20). The molecule has 1 aliphatic heterocycles. The highest BCUT2D eigenvalue weighted by Gasteiger charge is 2.45. The number of hydrogen-bond acceptors (Lipinski definition) is 5. The van der Waals surface area contributed by atoms with Gasteiger partial charge in [0.05, 0.1) is 5.69 Å². The number of likely N-dealkylation sites (tertiary alicyclic amines) is 1. The predicted molar refractivity (Wildman–Crippen MR) is 79.5 cm³/mol. The first-order chi connectivity index (χ1) is 9.68. The maximum Gasteiger partial charge on any atom is 0.329 e. The molecule has 1 amide bonds. The second kappa shape index (κ2) is 5.36. The van der Waals surface area contributed by atoms with Gasteiger partial charge in [0.25, 0.3) is 5.91 Å². The number of hydrogen-bond donors (Lipinski definition) is 1. The minimum absolute atomic E-state index is 0.264. The summed E-state index contributed by atoms with van der Waals surface area (Å²) in [5, 5.41) is 13.6. The van der Waals surface area contributed by atoms with Crippen molar-refractivity contribution in [2.75, 3.05) is 6.54 Å². The molecular weight excluding hydrogens is 290 g/mol. The number of rotatable bonds is 2. The van der Waals surface area contributed by atoms with Gasteiger partial charge < -0.3 is 10.0 Å². The monoisotopic (exact) mass is 311 g/mol. The molecule has 0 aromatic carbocycles. The molecule has 6 nitrogen and oxygen atoms in total. The van der Waals surface area contributed by atoms with Crippen LogP contribution in [0.15, 0.2) is 0 Å². The second-order valence-corrected chi connectivity index (χ2v) is 7.45. The van der Waals surface area contributed by atoms with Crippen molar-refractivity contribution in [3.05, 3.63) is 10.6 Å². The molecule has 0 aliphatic carbocycles. The number of piperidine rings is 1. The first-order valence-corrected chi connectivity index (χ1v) is 7.83. The fourth-order valence-electron chi connectivity index (χ4n) is 2.61. The summed E-state index contributed by atoms with van der Waals surface area (Å²) < 4.78 is 3.89. The molecule has 21 heavy (non-hydrogen) atoms. The summed E-state index contributed by atoms with van der Waals surface area (Å²) in [4.78, 5) is 26.4. The van der Waals surface area contributed by atoms with E-state index in [4.69, 9.17) is 0 Å². The molecule has 7 heteroatoms. The lowest BCUT2D eigenvalue weighted by Gasteiger charge is -2.41. The second-order valence-electron chi connectivity index (χ2n) is 6.69. The zero-order chi connectivity index (χ0) is 15.8. The van der Waals surface area contributed by atoms with Gasteiger partial charge in [-0.2, -0.15) is 0 Å². The van der Waals surface area contributed by atoms with Crippen molar-refractivity contribution < 1.29 is 14.7 Å². The summed E-state index contributed by atoms with van der Waals surface area (Å²) in [5.74, 6) is -1.22. The van der Waals surface area contributed by atoms with Crippen LogP contribution in [-0.2, 0) is 10.2 Å². The summed E-state index contributed by atoms with van der Waals surface area (Å²) in [6.07, 6.45) is 2.12. The highest BCUT2D eigenvalue weighted by Crippen LogP contribution is 2.33. The topological polar surface area (TPSA) is 83.4 Å². The lowest BCUT2D eigenvalue weighted by molar-refractivity contribution is -0.150. The molecule has 1 atom stereocenters. The Balaban J connectivity index is 2.39. The summed E-state index contributed by atoms with van der Waals surface area (Å²) in [6.45, 7) is 7.98. The Morgan fingerprint density at radius 2 is 2.00 bits per heavy atom. The van der Waals surface area contributed by atoms with Gasteiger partial charge in [-0.1, -0.05) is 25.3 Å². The van der Waals surface area contributed by atoms with Gasteiger partial charge in [0.1, 0.15) is 10.4 Å². The molecule has 0 saturated carbocycles. The van der Waals surface area contributed by atoms with Crippen molar-refractivity contribution in [2.45, 2.75) is 57.9 Å². The van der Waals surface area contributed by atoms with Crippen LogP contribution in [0.1, 0.15) is 62.3 Å². The lowest BCUT2D eigenvalue weighted by atomic mass is 9.87. The molecule has 0 bridgehead atoms. The van der Waals surface area contributed by atoms with Crippen molar-refractivity contribution >= 4 is 23.4 Å². The van der Waals surface area contributed by atoms with E-state index in [2.05, 4.69) is 9.59 Å². The van der Waals surface area contributed by atoms with Gasteiger partial charge >= 0.3 is 5.97 Å². The molecule has 1 unspecified atom stereocenters. The number of carboxylic acid groups (broad SMARTS) is 1. The molecule has 0 radical (unpaired) electrons. The fourth-order valence-corrected chi connectivity index (χ4v) is 3.44. The van der Waals surface area contributed by atoms with Crippen molar-refractivity contribution in [3.8, 4) is 0 Å². The number of nitrogens with zero attached hydrogens (tertiary/aromatic N) is 3. The van der Waals surface area contributed by atoms with Crippen LogP contribution < -0.4 is 0 Å². The molecule has 2 heterocycles. The third-order valence-corrected chi connectivity index (χ3v) is 4.70. The Hall–Kier alpha value is -1.50. The van der Waals surface area contributed by atoms with Gasteiger partial charge in [0.15, 0.2) is 0 Å². The van der Waals surface area contributed by atoms with Gasteiger partial charge in [-0.3, -0.25) is 4.79 Å². The van der Waals surface area contributed by atoms with E-state index in [9.17, 15) is 14.7 Å². The third kappa shape index (κ3) is 2.79. The first-order valence-electron chi connectivity index (χ1n) is 7.06. The van der Waals surface area contributed by atoms with Crippen LogP contribution >= 0.6 is 11.5 Å². The Bertz CT molecular complexity index is 564. The highest BCUT2D eigenvalue weighted by atomic mass is 32.1. The first kappa shape index (κ1) is 15.9. The van der Waals surface area contributed by atoms with Crippen LogP contribution in [0.5, 0.6) is 0 Å². The number of carbonyl (C=O) groups excluding carboxylic acids is 1. The van der Waals surface area contributed by atoms with E-state index in [0.29, 0.717) is 23.5 Å². The van der Waals surface area contributed by atoms with Crippen molar-refractivity contribution in [1.29, 1.82) is 0 Å². The summed E-state index contributed by atoms with van der Waals surface area (Å²) >= 11 is 1.05. The van der Waals surface area contributed by atoms with Crippen LogP contribution in [-0.4, -0.2) is 43.6 Å². The molecule has 0 spiro atoms. The van der Waals surface area contributed by atoms with Crippen molar-refractivity contribution in [2.24, 2.45) is 0 Å². The molecule has 2 rings (SSSR count). The zero-order valence-electron chi connectivity index (χ0n) is 12.8. The van der Waals surface area contributed by atoms with Crippen LogP contribution in [0.25, 0.3) is 0 Å². The van der Waals surface area contributed by atoms with E-state index in [1.54, 1.807) is 6.92 Å². The summed E-state index contributed by atoms with van der Waals surface area (Å²) in [6, 6.07) is 0. The maximum atomic E-state index is 12.8. The largest absolute Gasteiger partial charge is 0.480 e. The van der Waals surface area contributed by atoms with Gasteiger partial charge in [0, 0.05) is 12.0 Å². The Morgan fingerprint density at radius 1 is 1.33 bits per heavy atom. The van der Waals surface area contributed by atoms with Gasteiger partial charge in [0.2, 0.25) is 0 Å². The van der Waals surface area contributed by atoms with E-state index >= 15 is 0 Å². The van der Waals surface area contributed by atoms with Crippen molar-refractivity contribution in [1.82, 2.24) is 14.5 Å². The molecular formula is C14H21N3O3S. The van der Waals surface area contributed by atoms with Gasteiger partial charge in [-0.25, -0.2) is 4.79 Å². The van der Waals surface area contributed by atoms with Crippen LogP contribution in [0.4, 0.5) is 0 Å². The van der Waals surface area contributed by atoms with E-state index in [1.807, 2.05) is 20.8 Å². The number of aliphatic carboxylic acids is 1. The molecule has 116 valence electrons. The molecule has 1 saturated heterocycles. The van der Waals surface area contributed by atoms with Crippen LogP contribution in [0.2, 0.25) is 0 Å². The summed E-state index contributed by atoms with van der Waals surface area (Å²) in [5.41, 5.74) is -0.808. The number of carboxylic acids is 1. The quantitative estimate of drug-likeness (QED) is 0.906. The highest BCUT2D eigenvalue weighted by molar-refractivity contribution is 7.08. The average Bonchev–Trinajstić information content (AvgIpc) is 2.87.